The number of rotatable bonds is 2. The minimum atomic E-state index is -1.06. The fourth-order valence-electron chi connectivity index (χ4n) is 1.83. The standard InChI is InChI=1S/C15H14F2N2O/c1-8-3-6-13(18)14(9(8)2)19-15(20)10-4-5-11(16)12(17)7-10/h3-7H,18H2,1-2H3,(H,19,20). The third kappa shape index (κ3) is 2.61. The number of anilines is 2. The van der Waals surface area contributed by atoms with Crippen LogP contribution in [-0.4, -0.2) is 5.91 Å². The molecule has 0 atom stereocenters. The number of amides is 1. The van der Waals surface area contributed by atoms with Gasteiger partial charge < -0.3 is 11.1 Å². The van der Waals surface area contributed by atoms with E-state index in [2.05, 4.69) is 5.32 Å². The zero-order chi connectivity index (χ0) is 14.9. The number of carbonyl (C=O) groups excluding carboxylic acids is 1. The maximum Gasteiger partial charge on any atom is 0.255 e. The Hall–Kier alpha value is -2.43. The van der Waals surface area contributed by atoms with Crippen LogP contribution in [0.15, 0.2) is 30.3 Å². The summed E-state index contributed by atoms with van der Waals surface area (Å²) in [4.78, 5) is 12.0. The van der Waals surface area contributed by atoms with Gasteiger partial charge in [0.15, 0.2) is 11.6 Å². The van der Waals surface area contributed by atoms with Gasteiger partial charge >= 0.3 is 0 Å². The molecule has 5 heteroatoms. The monoisotopic (exact) mass is 276 g/mol. The van der Waals surface area contributed by atoms with Gasteiger partial charge in [-0.25, -0.2) is 8.78 Å². The molecule has 0 heterocycles. The van der Waals surface area contributed by atoms with Crippen LogP contribution < -0.4 is 11.1 Å². The number of halogens is 2. The zero-order valence-electron chi connectivity index (χ0n) is 11.1. The van der Waals surface area contributed by atoms with Gasteiger partial charge in [-0.2, -0.15) is 0 Å². The van der Waals surface area contributed by atoms with E-state index in [0.29, 0.717) is 11.4 Å². The molecule has 2 aromatic rings. The van der Waals surface area contributed by atoms with E-state index in [0.717, 1.165) is 23.3 Å². The first-order valence-corrected chi connectivity index (χ1v) is 6.02. The van der Waals surface area contributed by atoms with E-state index in [1.165, 1.54) is 6.07 Å². The van der Waals surface area contributed by atoms with Gasteiger partial charge in [-0.3, -0.25) is 4.79 Å². The number of nitrogens with one attached hydrogen (secondary N) is 1. The minimum absolute atomic E-state index is 0.0317. The van der Waals surface area contributed by atoms with Crippen molar-refractivity contribution < 1.29 is 13.6 Å². The molecule has 0 aliphatic heterocycles. The molecule has 0 aromatic heterocycles. The highest BCUT2D eigenvalue weighted by atomic mass is 19.2. The van der Waals surface area contributed by atoms with Gasteiger partial charge in [0.2, 0.25) is 0 Å². The molecule has 0 saturated heterocycles. The summed E-state index contributed by atoms with van der Waals surface area (Å²) in [6.07, 6.45) is 0. The average molecular weight is 276 g/mol. The van der Waals surface area contributed by atoms with Crippen molar-refractivity contribution in [1.82, 2.24) is 0 Å². The molecule has 0 aliphatic carbocycles. The lowest BCUT2D eigenvalue weighted by molar-refractivity contribution is 0.102. The van der Waals surface area contributed by atoms with Crippen LogP contribution in [0.3, 0.4) is 0 Å². The number of carbonyl (C=O) groups is 1. The smallest absolute Gasteiger partial charge is 0.255 e. The molecule has 20 heavy (non-hydrogen) atoms. The molecule has 0 bridgehead atoms. The van der Waals surface area contributed by atoms with E-state index in [1.807, 2.05) is 19.9 Å². The molecular formula is C15H14F2N2O. The normalized spacial score (nSPS) is 10.4. The van der Waals surface area contributed by atoms with Crippen molar-refractivity contribution in [3.8, 4) is 0 Å². The Morgan fingerprint density at radius 1 is 1.10 bits per heavy atom. The zero-order valence-corrected chi connectivity index (χ0v) is 11.1. The summed E-state index contributed by atoms with van der Waals surface area (Å²) >= 11 is 0. The first-order chi connectivity index (χ1) is 9.40. The van der Waals surface area contributed by atoms with Gasteiger partial charge in [0, 0.05) is 5.56 Å². The molecule has 0 radical (unpaired) electrons. The largest absolute Gasteiger partial charge is 0.397 e. The highest BCUT2D eigenvalue weighted by molar-refractivity contribution is 6.06. The van der Waals surface area contributed by atoms with Crippen molar-refractivity contribution in [1.29, 1.82) is 0 Å². The summed E-state index contributed by atoms with van der Waals surface area (Å²) in [5.41, 5.74) is 8.57. The predicted molar refractivity (Wildman–Crippen MR) is 74.6 cm³/mol. The van der Waals surface area contributed by atoms with Crippen molar-refractivity contribution >= 4 is 17.3 Å². The Bertz CT molecular complexity index is 684. The molecule has 0 spiro atoms. The Kier molecular flexibility index (Phi) is 3.70. The van der Waals surface area contributed by atoms with Crippen LogP contribution in [0.2, 0.25) is 0 Å². The second-order valence-electron chi connectivity index (χ2n) is 4.55. The summed E-state index contributed by atoms with van der Waals surface area (Å²) in [7, 11) is 0. The lowest BCUT2D eigenvalue weighted by Crippen LogP contribution is -2.15. The van der Waals surface area contributed by atoms with Crippen molar-refractivity contribution in [3.63, 3.8) is 0 Å². The molecule has 0 saturated carbocycles. The number of benzene rings is 2. The molecule has 0 fully saturated rings. The second kappa shape index (κ2) is 5.28. The van der Waals surface area contributed by atoms with E-state index in [1.54, 1.807) is 6.07 Å². The topological polar surface area (TPSA) is 55.1 Å². The lowest BCUT2D eigenvalue weighted by atomic mass is 10.1. The maximum absolute atomic E-state index is 13.1. The molecule has 0 aliphatic rings. The van der Waals surface area contributed by atoms with Crippen molar-refractivity contribution in [2.24, 2.45) is 0 Å². The molecule has 2 aromatic carbocycles. The summed E-state index contributed by atoms with van der Waals surface area (Å²) in [6.45, 7) is 3.72. The summed E-state index contributed by atoms with van der Waals surface area (Å²) < 4.78 is 26.0. The van der Waals surface area contributed by atoms with Gasteiger partial charge in [-0.05, 0) is 49.2 Å². The van der Waals surface area contributed by atoms with Gasteiger partial charge in [-0.15, -0.1) is 0 Å². The Morgan fingerprint density at radius 3 is 2.45 bits per heavy atom. The summed E-state index contributed by atoms with van der Waals surface area (Å²) in [5, 5.41) is 2.63. The second-order valence-corrected chi connectivity index (χ2v) is 4.55. The quantitative estimate of drug-likeness (QED) is 0.826. The predicted octanol–water partition coefficient (Wildman–Crippen LogP) is 3.42. The van der Waals surface area contributed by atoms with Crippen molar-refractivity contribution in [2.75, 3.05) is 11.1 Å². The molecule has 2 rings (SSSR count). The highest BCUT2D eigenvalue weighted by Crippen LogP contribution is 2.26. The number of aryl methyl sites for hydroxylation is 1. The van der Waals surface area contributed by atoms with E-state index in [4.69, 9.17) is 5.73 Å². The highest BCUT2D eigenvalue weighted by Gasteiger charge is 2.13. The van der Waals surface area contributed by atoms with E-state index < -0.39 is 17.5 Å². The SMILES string of the molecule is Cc1ccc(N)c(NC(=O)c2ccc(F)c(F)c2)c1C. The third-order valence-corrected chi connectivity index (χ3v) is 3.19. The first-order valence-electron chi connectivity index (χ1n) is 6.02. The van der Waals surface area contributed by atoms with Crippen molar-refractivity contribution in [2.45, 2.75) is 13.8 Å². The van der Waals surface area contributed by atoms with Gasteiger partial charge in [0.25, 0.3) is 5.91 Å². The fraction of sp³-hybridized carbons (Fsp3) is 0.133. The van der Waals surface area contributed by atoms with Gasteiger partial charge in [0.05, 0.1) is 11.4 Å². The van der Waals surface area contributed by atoms with Crippen LogP contribution in [0.25, 0.3) is 0 Å². The van der Waals surface area contributed by atoms with Crippen LogP contribution in [0.1, 0.15) is 21.5 Å². The van der Waals surface area contributed by atoms with Crippen LogP contribution in [0, 0.1) is 25.5 Å². The lowest BCUT2D eigenvalue weighted by Gasteiger charge is -2.13. The van der Waals surface area contributed by atoms with Gasteiger partial charge in [0.1, 0.15) is 0 Å². The van der Waals surface area contributed by atoms with Crippen LogP contribution in [0.4, 0.5) is 20.2 Å². The van der Waals surface area contributed by atoms with Crippen molar-refractivity contribution in [3.05, 3.63) is 58.7 Å². The van der Waals surface area contributed by atoms with E-state index in [-0.39, 0.29) is 5.56 Å². The average Bonchev–Trinajstić information content (AvgIpc) is 2.42. The van der Waals surface area contributed by atoms with Crippen LogP contribution in [0.5, 0.6) is 0 Å². The first kappa shape index (κ1) is 14.0. The number of hydrogen-bond acceptors (Lipinski definition) is 2. The fourth-order valence-corrected chi connectivity index (χ4v) is 1.83. The van der Waals surface area contributed by atoms with Crippen LogP contribution in [-0.2, 0) is 0 Å². The third-order valence-electron chi connectivity index (χ3n) is 3.19. The Labute approximate surface area is 115 Å². The van der Waals surface area contributed by atoms with E-state index in [9.17, 15) is 13.6 Å². The number of nitrogen functional groups attached to an aromatic ring is 1. The minimum Gasteiger partial charge on any atom is -0.397 e. The Morgan fingerprint density at radius 2 is 1.80 bits per heavy atom. The summed E-state index contributed by atoms with van der Waals surface area (Å²) in [5.74, 6) is -2.59. The van der Waals surface area contributed by atoms with E-state index >= 15 is 0 Å². The molecule has 3 nitrogen and oxygen atoms in total. The molecule has 3 N–H and O–H groups in total. The number of nitrogens with two attached hydrogens (primary N) is 1. The Balaban J connectivity index is 2.32. The molecule has 1 amide bonds. The number of hydrogen-bond donors (Lipinski definition) is 2. The van der Waals surface area contributed by atoms with Gasteiger partial charge in [-0.1, -0.05) is 6.07 Å². The molecule has 0 unspecified atom stereocenters. The maximum atomic E-state index is 13.1. The summed E-state index contributed by atoms with van der Waals surface area (Å²) in [6, 6.07) is 6.51. The molecular weight excluding hydrogens is 262 g/mol. The van der Waals surface area contributed by atoms with Crippen LogP contribution >= 0.6 is 0 Å². The molecule has 104 valence electrons.